The molecule has 0 saturated heterocycles. The Hall–Kier alpha value is -2.55. The Labute approximate surface area is 184 Å². The minimum absolute atomic E-state index is 0.0686. The molecule has 166 valence electrons. The molecule has 2 aliphatic rings. The summed E-state index contributed by atoms with van der Waals surface area (Å²) < 4.78 is 39.3. The standard InChI is InChI=1S/C23H29N3O4S/c1-3-24-15-9-16-25(4-2)23(24)20(14-17-31(27,28)29)26-18-10-5-7-12-21(18)30-22-13-8-6-11-19(22)26/h5-13,15,20,23H,3-4,14,16-17H2,1-2H3,(H,27,28,29). The summed E-state index contributed by atoms with van der Waals surface area (Å²) in [5, 5.41) is 0. The lowest BCUT2D eigenvalue weighted by molar-refractivity contribution is 0.0584. The van der Waals surface area contributed by atoms with Crippen LogP contribution in [0.3, 0.4) is 0 Å². The van der Waals surface area contributed by atoms with E-state index < -0.39 is 10.1 Å². The number of rotatable bonds is 7. The molecule has 0 bridgehead atoms. The first kappa shape index (κ1) is 21.7. The summed E-state index contributed by atoms with van der Waals surface area (Å²) in [7, 11) is -4.11. The fourth-order valence-electron chi connectivity index (χ4n) is 4.57. The molecular weight excluding hydrogens is 414 g/mol. The molecule has 0 spiro atoms. The summed E-state index contributed by atoms with van der Waals surface area (Å²) in [6, 6.07) is 15.4. The van der Waals surface area contributed by atoms with Crippen molar-refractivity contribution in [2.45, 2.75) is 32.5 Å². The van der Waals surface area contributed by atoms with Gasteiger partial charge in [0.05, 0.1) is 23.2 Å². The van der Waals surface area contributed by atoms with Gasteiger partial charge in [-0.15, -0.1) is 0 Å². The predicted octanol–water partition coefficient (Wildman–Crippen LogP) is 4.07. The molecule has 8 heteroatoms. The van der Waals surface area contributed by atoms with Gasteiger partial charge in [-0.3, -0.25) is 9.45 Å². The zero-order valence-corrected chi connectivity index (χ0v) is 18.7. The van der Waals surface area contributed by atoms with Gasteiger partial charge in [-0.05, 0) is 50.4 Å². The first-order valence-electron chi connectivity index (χ1n) is 10.7. The molecule has 2 aromatic rings. The zero-order chi connectivity index (χ0) is 22.0. The second-order valence-electron chi connectivity index (χ2n) is 7.77. The van der Waals surface area contributed by atoms with Crippen LogP contribution in [0.25, 0.3) is 0 Å². The number of para-hydroxylation sites is 4. The predicted molar refractivity (Wildman–Crippen MR) is 122 cm³/mol. The van der Waals surface area contributed by atoms with Gasteiger partial charge in [0.1, 0.15) is 6.17 Å². The van der Waals surface area contributed by atoms with Gasteiger partial charge < -0.3 is 14.5 Å². The summed E-state index contributed by atoms with van der Waals surface area (Å²) in [5.74, 6) is 1.15. The number of nitrogens with zero attached hydrogens (tertiary/aromatic N) is 3. The van der Waals surface area contributed by atoms with E-state index in [2.05, 4.69) is 40.8 Å². The Kier molecular flexibility index (Phi) is 6.22. The van der Waals surface area contributed by atoms with E-state index in [-0.39, 0.29) is 24.4 Å². The van der Waals surface area contributed by atoms with Crippen molar-refractivity contribution in [3.63, 3.8) is 0 Å². The van der Waals surface area contributed by atoms with Gasteiger partial charge in [0.25, 0.3) is 10.1 Å². The maximum Gasteiger partial charge on any atom is 0.264 e. The third kappa shape index (κ3) is 4.42. The van der Waals surface area contributed by atoms with Crippen LogP contribution in [0.1, 0.15) is 20.3 Å². The Morgan fingerprint density at radius 2 is 1.65 bits per heavy atom. The summed E-state index contributed by atoms with van der Waals surface area (Å²) >= 11 is 0. The molecule has 4 rings (SSSR count). The second-order valence-corrected chi connectivity index (χ2v) is 9.34. The minimum atomic E-state index is -4.11. The highest BCUT2D eigenvalue weighted by molar-refractivity contribution is 7.85. The van der Waals surface area contributed by atoms with Crippen LogP contribution < -0.4 is 9.64 Å². The fourth-order valence-corrected chi connectivity index (χ4v) is 5.11. The Morgan fingerprint density at radius 1 is 1.03 bits per heavy atom. The number of anilines is 2. The first-order valence-corrected chi connectivity index (χ1v) is 12.3. The van der Waals surface area contributed by atoms with Crippen molar-refractivity contribution in [2.75, 3.05) is 30.3 Å². The van der Waals surface area contributed by atoms with E-state index in [0.29, 0.717) is 0 Å². The monoisotopic (exact) mass is 443 g/mol. The normalized spacial score (nSPS) is 19.5. The summed E-state index contributed by atoms with van der Waals surface area (Å²) in [6.45, 7) is 6.60. The lowest BCUT2D eigenvalue weighted by atomic mass is 10.0. The molecule has 2 heterocycles. The largest absolute Gasteiger partial charge is 0.453 e. The molecule has 1 N–H and O–H groups in total. The lowest BCUT2D eigenvalue weighted by Gasteiger charge is -2.50. The van der Waals surface area contributed by atoms with E-state index in [1.54, 1.807) is 0 Å². The van der Waals surface area contributed by atoms with Gasteiger partial charge in [0, 0.05) is 13.1 Å². The second kappa shape index (κ2) is 8.90. The average Bonchev–Trinajstić information content (AvgIpc) is 2.77. The molecule has 0 radical (unpaired) electrons. The third-order valence-corrected chi connectivity index (χ3v) is 6.69. The summed E-state index contributed by atoms with van der Waals surface area (Å²) in [5.41, 5.74) is 1.78. The molecule has 0 amide bonds. The average molecular weight is 444 g/mol. The van der Waals surface area contributed by atoms with Crippen LogP contribution in [0.2, 0.25) is 0 Å². The molecule has 0 aliphatic carbocycles. The third-order valence-electron chi connectivity index (χ3n) is 5.94. The first-order chi connectivity index (χ1) is 14.9. The van der Waals surface area contributed by atoms with Crippen molar-refractivity contribution >= 4 is 21.5 Å². The minimum Gasteiger partial charge on any atom is -0.453 e. The SMILES string of the molecule is CCN1C=CCN(CC)C1C(CCS(=O)(=O)O)N1c2ccccc2Oc2ccccc21. The van der Waals surface area contributed by atoms with Gasteiger partial charge in [-0.1, -0.05) is 37.3 Å². The Morgan fingerprint density at radius 3 is 2.19 bits per heavy atom. The lowest BCUT2D eigenvalue weighted by Crippen LogP contribution is -2.60. The van der Waals surface area contributed by atoms with Crippen molar-refractivity contribution in [1.82, 2.24) is 9.80 Å². The highest BCUT2D eigenvalue weighted by Crippen LogP contribution is 2.48. The van der Waals surface area contributed by atoms with Gasteiger partial charge >= 0.3 is 0 Å². The number of ether oxygens (including phenoxy) is 1. The number of fused-ring (bicyclic) bond motifs is 2. The molecule has 2 aliphatic heterocycles. The molecule has 0 fully saturated rings. The Bertz CT molecular complexity index is 1010. The highest BCUT2D eigenvalue weighted by Gasteiger charge is 2.40. The van der Waals surface area contributed by atoms with Gasteiger partial charge in [0.15, 0.2) is 11.5 Å². The van der Waals surface area contributed by atoms with Crippen LogP contribution >= 0.6 is 0 Å². The van der Waals surface area contributed by atoms with E-state index in [1.807, 2.05) is 48.5 Å². The van der Waals surface area contributed by atoms with Crippen LogP contribution in [0.4, 0.5) is 11.4 Å². The van der Waals surface area contributed by atoms with Crippen molar-refractivity contribution in [3.8, 4) is 11.5 Å². The maximum atomic E-state index is 11.8. The van der Waals surface area contributed by atoms with Gasteiger partial charge in [0.2, 0.25) is 0 Å². The quantitative estimate of drug-likeness (QED) is 0.647. The molecule has 7 nitrogen and oxygen atoms in total. The van der Waals surface area contributed by atoms with Crippen molar-refractivity contribution in [2.24, 2.45) is 0 Å². The van der Waals surface area contributed by atoms with E-state index in [9.17, 15) is 13.0 Å². The number of likely N-dealkylation sites (N-methyl/N-ethyl adjacent to an activating group) is 2. The highest BCUT2D eigenvalue weighted by atomic mass is 32.2. The molecule has 0 saturated carbocycles. The van der Waals surface area contributed by atoms with Crippen molar-refractivity contribution in [3.05, 3.63) is 60.8 Å². The smallest absolute Gasteiger partial charge is 0.264 e. The topological polar surface area (TPSA) is 73.3 Å². The van der Waals surface area contributed by atoms with Crippen molar-refractivity contribution in [1.29, 1.82) is 0 Å². The van der Waals surface area contributed by atoms with Crippen LogP contribution in [-0.4, -0.2) is 60.4 Å². The molecule has 2 aromatic carbocycles. The number of benzene rings is 2. The van der Waals surface area contributed by atoms with E-state index >= 15 is 0 Å². The fraction of sp³-hybridized carbons (Fsp3) is 0.391. The molecule has 31 heavy (non-hydrogen) atoms. The number of hydrogen-bond donors (Lipinski definition) is 1. The van der Waals surface area contributed by atoms with Crippen LogP contribution in [0, 0.1) is 0 Å². The molecule has 0 aromatic heterocycles. The summed E-state index contributed by atoms with van der Waals surface area (Å²) in [6.07, 6.45) is 4.42. The van der Waals surface area contributed by atoms with Crippen LogP contribution in [0.15, 0.2) is 60.8 Å². The van der Waals surface area contributed by atoms with Gasteiger partial charge in [-0.25, -0.2) is 0 Å². The van der Waals surface area contributed by atoms with Crippen LogP contribution in [-0.2, 0) is 10.1 Å². The van der Waals surface area contributed by atoms with E-state index in [4.69, 9.17) is 4.74 Å². The molecule has 2 unspecified atom stereocenters. The number of hydrogen-bond acceptors (Lipinski definition) is 6. The summed E-state index contributed by atoms with van der Waals surface area (Å²) in [4.78, 5) is 6.76. The Balaban J connectivity index is 1.87. The van der Waals surface area contributed by atoms with Crippen molar-refractivity contribution < 1.29 is 17.7 Å². The van der Waals surface area contributed by atoms with Gasteiger partial charge in [-0.2, -0.15) is 8.42 Å². The van der Waals surface area contributed by atoms with E-state index in [1.165, 1.54) is 0 Å². The maximum absolute atomic E-state index is 11.8. The van der Waals surface area contributed by atoms with Crippen LogP contribution in [0.5, 0.6) is 11.5 Å². The molecular formula is C23H29N3O4S. The zero-order valence-electron chi connectivity index (χ0n) is 17.9. The molecule has 2 atom stereocenters. The van der Waals surface area contributed by atoms with E-state index in [0.717, 1.165) is 42.5 Å².